The van der Waals surface area contributed by atoms with Crippen molar-refractivity contribution in [2.45, 2.75) is 69.8 Å². The molecule has 2 N–H and O–H groups in total. The molecule has 1 heterocycles. The Hall–Kier alpha value is -2.81. The van der Waals surface area contributed by atoms with Crippen LogP contribution in [0.3, 0.4) is 0 Å². The molecule has 0 amide bonds. The summed E-state index contributed by atoms with van der Waals surface area (Å²) in [6.45, 7) is 2.83. The predicted octanol–water partition coefficient (Wildman–Crippen LogP) is 4.75. The van der Waals surface area contributed by atoms with Gasteiger partial charge in [0.25, 0.3) is 0 Å². The smallest absolute Gasteiger partial charge is 0.453 e. The van der Waals surface area contributed by atoms with E-state index in [1.807, 2.05) is 25.1 Å². The Kier molecular flexibility index (Phi) is 8.64. The van der Waals surface area contributed by atoms with Crippen molar-refractivity contribution in [3.63, 3.8) is 0 Å². The van der Waals surface area contributed by atoms with Crippen molar-refractivity contribution in [2.24, 2.45) is 11.8 Å². The van der Waals surface area contributed by atoms with E-state index in [1.54, 1.807) is 24.3 Å². The molecule has 2 aromatic carbocycles. The summed E-state index contributed by atoms with van der Waals surface area (Å²) in [5, 5.41) is 14.4. The quantitative estimate of drug-likeness (QED) is 0.285. The van der Waals surface area contributed by atoms with Crippen molar-refractivity contribution in [1.29, 1.82) is 0 Å². The maximum Gasteiger partial charge on any atom is 0.453 e. The maximum atomic E-state index is 13.2. The number of halogens is 1. The summed E-state index contributed by atoms with van der Waals surface area (Å²) in [4.78, 5) is 26.4. The monoisotopic (exact) mass is 557 g/mol. The van der Waals surface area contributed by atoms with E-state index >= 15 is 0 Å². The van der Waals surface area contributed by atoms with Crippen molar-refractivity contribution in [3.05, 3.63) is 58.6 Å². The minimum atomic E-state index is -2.29. The highest BCUT2D eigenvalue weighted by Gasteiger charge is 2.60. The van der Waals surface area contributed by atoms with Gasteiger partial charge < -0.3 is 29.4 Å². The van der Waals surface area contributed by atoms with Crippen molar-refractivity contribution >= 4 is 23.5 Å². The molecule has 0 unspecified atom stereocenters. The number of nitrogens with one attached hydrogen (secondary N) is 1. The van der Waals surface area contributed by atoms with Crippen LogP contribution in [0.15, 0.2) is 42.5 Å². The van der Waals surface area contributed by atoms with Crippen molar-refractivity contribution in [2.75, 3.05) is 19.8 Å². The van der Waals surface area contributed by atoms with Gasteiger partial charge in [0.1, 0.15) is 0 Å². The van der Waals surface area contributed by atoms with E-state index in [0.29, 0.717) is 35.6 Å². The first-order valence-electron chi connectivity index (χ1n) is 13.8. The van der Waals surface area contributed by atoms with E-state index in [2.05, 4.69) is 5.32 Å². The molecule has 2 saturated carbocycles. The normalized spacial score (nSPS) is 19.5. The van der Waals surface area contributed by atoms with Crippen LogP contribution in [0.2, 0.25) is 5.02 Å². The Morgan fingerprint density at radius 2 is 1.64 bits per heavy atom. The molecule has 1 aliphatic heterocycles. The zero-order valence-corrected chi connectivity index (χ0v) is 23.0. The number of ether oxygens (including phenoxy) is 4. The number of carbonyl (C=O) groups excluding carboxylic acids is 2. The fourth-order valence-electron chi connectivity index (χ4n) is 4.89. The topological polar surface area (TPSA) is 103 Å². The highest BCUT2D eigenvalue weighted by atomic mass is 35.5. The number of fused-ring (bicyclic) bond motifs is 1. The molecule has 2 aliphatic carbocycles. The molecule has 0 bridgehead atoms. The van der Waals surface area contributed by atoms with Crippen molar-refractivity contribution in [3.8, 4) is 11.5 Å². The second-order valence-electron chi connectivity index (χ2n) is 11.0. The highest BCUT2D eigenvalue weighted by molar-refractivity contribution is 6.30. The van der Waals surface area contributed by atoms with E-state index in [-0.39, 0.29) is 25.0 Å². The van der Waals surface area contributed by atoms with Gasteiger partial charge in [0, 0.05) is 17.6 Å². The molecular weight excluding hydrogens is 522 g/mol. The van der Waals surface area contributed by atoms with Gasteiger partial charge in [-0.15, -0.1) is 0 Å². The van der Waals surface area contributed by atoms with Gasteiger partial charge in [-0.2, -0.15) is 0 Å². The Labute approximate surface area is 233 Å². The Morgan fingerprint density at radius 3 is 2.23 bits per heavy atom. The van der Waals surface area contributed by atoms with Crippen molar-refractivity contribution < 1.29 is 33.6 Å². The van der Waals surface area contributed by atoms with Crippen LogP contribution in [0.5, 0.6) is 11.5 Å². The third-order valence-electron chi connectivity index (χ3n) is 7.84. The summed E-state index contributed by atoms with van der Waals surface area (Å²) < 4.78 is 22.8. The third-order valence-corrected chi connectivity index (χ3v) is 8.07. The van der Waals surface area contributed by atoms with E-state index in [4.69, 9.17) is 30.5 Å². The SMILES string of the molecule is C[C@H](Cc1ccc2c(c1)OC(C(=O)OCC1CCC1)(C(=O)OCC1CCC1)O2)NC[C@H](O)c1cccc(Cl)c1. The Balaban J connectivity index is 1.22. The molecule has 0 radical (unpaired) electrons. The minimum Gasteiger partial charge on any atom is -0.459 e. The second kappa shape index (κ2) is 12.1. The van der Waals surface area contributed by atoms with Gasteiger partial charge in [-0.3, -0.25) is 0 Å². The summed E-state index contributed by atoms with van der Waals surface area (Å²) in [6.07, 6.45) is 6.15. The largest absolute Gasteiger partial charge is 0.459 e. The maximum absolute atomic E-state index is 13.2. The van der Waals surface area contributed by atoms with Gasteiger partial charge in [0.05, 0.1) is 19.3 Å². The van der Waals surface area contributed by atoms with Crippen LogP contribution >= 0.6 is 11.6 Å². The first-order valence-corrected chi connectivity index (χ1v) is 14.2. The van der Waals surface area contributed by atoms with Gasteiger partial charge in [-0.25, -0.2) is 9.59 Å². The number of esters is 2. The number of carbonyl (C=O) groups is 2. The fourth-order valence-corrected chi connectivity index (χ4v) is 5.09. The van der Waals surface area contributed by atoms with Gasteiger partial charge in [-0.05, 0) is 86.3 Å². The van der Waals surface area contributed by atoms with Crippen LogP contribution in [-0.2, 0) is 25.5 Å². The average Bonchev–Trinajstić information content (AvgIpc) is 3.25. The molecule has 0 aromatic heterocycles. The summed E-state index contributed by atoms with van der Waals surface area (Å²) in [7, 11) is 0. The van der Waals surface area contributed by atoms with Gasteiger partial charge >= 0.3 is 17.7 Å². The summed E-state index contributed by atoms with van der Waals surface area (Å²) in [5.41, 5.74) is 1.66. The molecule has 0 spiro atoms. The lowest BCUT2D eigenvalue weighted by Gasteiger charge is -2.29. The van der Waals surface area contributed by atoms with E-state index in [1.165, 1.54) is 0 Å². The molecule has 9 heteroatoms. The number of hydrogen-bond donors (Lipinski definition) is 2. The lowest BCUT2D eigenvalue weighted by Crippen LogP contribution is -2.56. The molecule has 8 nitrogen and oxygen atoms in total. The van der Waals surface area contributed by atoms with Crippen LogP contribution in [0.1, 0.15) is 62.7 Å². The van der Waals surface area contributed by atoms with Crippen LogP contribution < -0.4 is 14.8 Å². The molecular formula is C30H36ClNO7. The fraction of sp³-hybridized carbons (Fsp3) is 0.533. The van der Waals surface area contributed by atoms with Gasteiger partial charge in [-0.1, -0.05) is 42.6 Å². The molecule has 2 aromatic rings. The Morgan fingerprint density at radius 1 is 1.00 bits per heavy atom. The zero-order chi connectivity index (χ0) is 27.4. The summed E-state index contributed by atoms with van der Waals surface area (Å²) >= 11 is 6.03. The van der Waals surface area contributed by atoms with Crippen LogP contribution in [0, 0.1) is 11.8 Å². The van der Waals surface area contributed by atoms with Gasteiger partial charge in [0.15, 0.2) is 11.5 Å². The summed E-state index contributed by atoms with van der Waals surface area (Å²) in [6, 6.07) is 12.5. The van der Waals surface area contributed by atoms with Gasteiger partial charge in [0.2, 0.25) is 0 Å². The Bertz CT molecular complexity index is 1150. The molecule has 0 saturated heterocycles. The lowest BCUT2D eigenvalue weighted by molar-refractivity contribution is -0.205. The molecule has 39 heavy (non-hydrogen) atoms. The molecule has 3 aliphatic rings. The third kappa shape index (κ3) is 6.51. The van der Waals surface area contributed by atoms with Crippen LogP contribution in [-0.4, -0.2) is 48.6 Å². The molecule has 2 atom stereocenters. The second-order valence-corrected chi connectivity index (χ2v) is 11.4. The first kappa shape index (κ1) is 27.7. The highest BCUT2D eigenvalue weighted by Crippen LogP contribution is 2.42. The van der Waals surface area contributed by atoms with Crippen LogP contribution in [0.4, 0.5) is 0 Å². The van der Waals surface area contributed by atoms with E-state index in [9.17, 15) is 14.7 Å². The number of rotatable bonds is 12. The molecule has 5 rings (SSSR count). The molecule has 2 fully saturated rings. The number of benzene rings is 2. The van der Waals surface area contributed by atoms with E-state index < -0.39 is 23.8 Å². The number of hydrogen-bond acceptors (Lipinski definition) is 8. The predicted molar refractivity (Wildman–Crippen MR) is 145 cm³/mol. The number of aliphatic hydroxyl groups excluding tert-OH is 1. The zero-order valence-electron chi connectivity index (χ0n) is 22.2. The van der Waals surface area contributed by atoms with Crippen molar-refractivity contribution in [1.82, 2.24) is 5.32 Å². The average molecular weight is 558 g/mol. The van der Waals surface area contributed by atoms with E-state index in [0.717, 1.165) is 49.7 Å². The minimum absolute atomic E-state index is 0.0175. The first-order chi connectivity index (χ1) is 18.8. The standard InChI is InChI=1S/C30H36ClNO7/c1-19(32-16-25(33)23-9-4-10-24(31)15-23)13-22-11-12-26-27(14-22)39-30(38-26,28(34)36-17-20-5-2-6-20)29(35)37-18-21-7-3-8-21/h4,9-12,14-15,19-21,25,32-33H,2-3,5-8,13,16-18H2,1H3/t19-,25+/m1/s1. The lowest BCUT2D eigenvalue weighted by atomic mass is 9.86. The number of aliphatic hydroxyl groups is 1. The summed E-state index contributed by atoms with van der Waals surface area (Å²) in [5.74, 6) is -2.86. The molecule has 210 valence electrons. The van der Waals surface area contributed by atoms with Crippen LogP contribution in [0.25, 0.3) is 0 Å².